The van der Waals surface area contributed by atoms with Gasteiger partial charge in [0.25, 0.3) is 0 Å². The largest absolute Gasteiger partial charge is 0.480 e. The van der Waals surface area contributed by atoms with E-state index in [4.69, 9.17) is 10.8 Å². The van der Waals surface area contributed by atoms with E-state index >= 15 is 0 Å². The van der Waals surface area contributed by atoms with Crippen molar-refractivity contribution in [3.05, 3.63) is 12.7 Å². The Hall–Kier alpha value is -2.05. The number of carbonyl (C=O) groups is 3. The van der Waals surface area contributed by atoms with Crippen molar-refractivity contribution in [1.82, 2.24) is 10.2 Å². The van der Waals surface area contributed by atoms with Gasteiger partial charge in [-0.2, -0.15) is 0 Å². The monoisotopic (exact) mass is 255 g/mol. The average Bonchev–Trinajstić information content (AvgIpc) is 2.77. The van der Waals surface area contributed by atoms with Gasteiger partial charge in [0.1, 0.15) is 6.04 Å². The van der Waals surface area contributed by atoms with E-state index in [1.165, 1.54) is 11.0 Å². The van der Waals surface area contributed by atoms with Gasteiger partial charge in [0.15, 0.2) is 0 Å². The third-order valence-electron chi connectivity index (χ3n) is 2.88. The Kier molecular flexibility index (Phi) is 4.70. The van der Waals surface area contributed by atoms with Crippen LogP contribution in [0, 0.1) is 5.92 Å². The lowest BCUT2D eigenvalue weighted by molar-refractivity contribution is -0.139. The molecule has 2 atom stereocenters. The van der Waals surface area contributed by atoms with Crippen LogP contribution in [0.4, 0.5) is 4.79 Å². The first-order valence-corrected chi connectivity index (χ1v) is 5.64. The molecule has 100 valence electrons. The van der Waals surface area contributed by atoms with Gasteiger partial charge in [-0.3, -0.25) is 4.79 Å². The van der Waals surface area contributed by atoms with E-state index in [0.29, 0.717) is 13.0 Å². The minimum atomic E-state index is -1.12. The summed E-state index contributed by atoms with van der Waals surface area (Å²) in [6.45, 7) is 4.07. The molecule has 0 bridgehead atoms. The summed E-state index contributed by atoms with van der Waals surface area (Å²) in [4.78, 5) is 35.0. The highest BCUT2D eigenvalue weighted by atomic mass is 16.4. The molecule has 18 heavy (non-hydrogen) atoms. The fourth-order valence-corrected chi connectivity index (χ4v) is 1.81. The number of rotatable bonds is 5. The predicted octanol–water partition coefficient (Wildman–Crippen LogP) is -0.467. The lowest BCUT2D eigenvalue weighted by atomic mass is 10.1. The number of amides is 3. The first-order chi connectivity index (χ1) is 8.45. The number of nitrogens with one attached hydrogen (secondary N) is 1. The van der Waals surface area contributed by atoms with Gasteiger partial charge < -0.3 is 21.1 Å². The van der Waals surface area contributed by atoms with Crippen molar-refractivity contribution in [3.8, 4) is 0 Å². The van der Waals surface area contributed by atoms with Crippen LogP contribution in [0.3, 0.4) is 0 Å². The average molecular weight is 255 g/mol. The van der Waals surface area contributed by atoms with Gasteiger partial charge in [0, 0.05) is 13.1 Å². The summed E-state index contributed by atoms with van der Waals surface area (Å²) in [5.41, 5.74) is 5.15. The molecule has 1 fully saturated rings. The molecule has 0 aromatic carbocycles. The van der Waals surface area contributed by atoms with Crippen molar-refractivity contribution < 1.29 is 19.5 Å². The highest BCUT2D eigenvalue weighted by Gasteiger charge is 2.31. The topological polar surface area (TPSA) is 113 Å². The van der Waals surface area contributed by atoms with E-state index in [0.717, 1.165) is 0 Å². The van der Waals surface area contributed by atoms with Crippen LogP contribution in [-0.4, -0.2) is 47.0 Å². The van der Waals surface area contributed by atoms with Gasteiger partial charge in [-0.15, -0.1) is 6.58 Å². The minimum absolute atomic E-state index is 0.147. The highest BCUT2D eigenvalue weighted by Crippen LogP contribution is 2.15. The zero-order valence-electron chi connectivity index (χ0n) is 9.96. The van der Waals surface area contributed by atoms with Crippen molar-refractivity contribution in [1.29, 1.82) is 0 Å². The van der Waals surface area contributed by atoms with E-state index in [2.05, 4.69) is 11.9 Å². The molecule has 7 nitrogen and oxygen atoms in total. The fourth-order valence-electron chi connectivity index (χ4n) is 1.81. The molecule has 4 N–H and O–H groups in total. The summed E-state index contributed by atoms with van der Waals surface area (Å²) < 4.78 is 0. The summed E-state index contributed by atoms with van der Waals surface area (Å²) in [5, 5.41) is 11.3. The number of aliphatic carboxylic acids is 1. The number of hydrogen-bond acceptors (Lipinski definition) is 3. The SMILES string of the molecule is C=CCC(NC(=O)N1CCC(C(N)=O)C1)C(=O)O. The molecule has 7 heteroatoms. The number of primary amides is 1. The van der Waals surface area contributed by atoms with Crippen LogP contribution in [0.15, 0.2) is 12.7 Å². The predicted molar refractivity (Wildman–Crippen MR) is 63.6 cm³/mol. The molecule has 1 aliphatic rings. The Bertz CT molecular complexity index is 369. The van der Waals surface area contributed by atoms with E-state index in [9.17, 15) is 14.4 Å². The van der Waals surface area contributed by atoms with Crippen LogP contribution in [-0.2, 0) is 9.59 Å². The van der Waals surface area contributed by atoms with Gasteiger partial charge in [-0.1, -0.05) is 6.08 Å². The van der Waals surface area contributed by atoms with Crippen molar-refractivity contribution in [2.24, 2.45) is 11.7 Å². The number of urea groups is 1. The minimum Gasteiger partial charge on any atom is -0.480 e. The van der Waals surface area contributed by atoms with E-state index in [1.54, 1.807) is 0 Å². The third-order valence-corrected chi connectivity index (χ3v) is 2.88. The number of hydrogen-bond donors (Lipinski definition) is 3. The van der Waals surface area contributed by atoms with Gasteiger partial charge in [-0.05, 0) is 12.8 Å². The van der Waals surface area contributed by atoms with Gasteiger partial charge in [0.2, 0.25) is 5.91 Å². The third kappa shape index (κ3) is 3.47. The standard InChI is InChI=1S/C11H17N3O4/c1-2-3-8(10(16)17)13-11(18)14-5-4-7(6-14)9(12)15/h2,7-8H,1,3-6H2,(H2,12,15)(H,13,18)(H,16,17). The number of nitrogens with two attached hydrogens (primary N) is 1. The molecule has 1 aliphatic heterocycles. The van der Waals surface area contributed by atoms with Gasteiger partial charge in [-0.25, -0.2) is 9.59 Å². The van der Waals surface area contributed by atoms with Crippen LogP contribution in [0.5, 0.6) is 0 Å². The number of carbonyl (C=O) groups excluding carboxylic acids is 2. The number of carboxylic acid groups (broad SMARTS) is 1. The molecule has 3 amide bonds. The van der Waals surface area contributed by atoms with Crippen LogP contribution in [0.2, 0.25) is 0 Å². The van der Waals surface area contributed by atoms with Gasteiger partial charge in [0.05, 0.1) is 5.92 Å². The van der Waals surface area contributed by atoms with E-state index < -0.39 is 23.9 Å². The van der Waals surface area contributed by atoms with Crippen LogP contribution >= 0.6 is 0 Å². The first kappa shape index (κ1) is 14.0. The maximum absolute atomic E-state index is 11.8. The second-order valence-corrected chi connectivity index (χ2v) is 4.20. The number of nitrogens with zero attached hydrogens (tertiary/aromatic N) is 1. The van der Waals surface area contributed by atoms with E-state index in [1.807, 2.05) is 0 Å². The quantitative estimate of drug-likeness (QED) is 0.576. The van der Waals surface area contributed by atoms with Crippen LogP contribution < -0.4 is 11.1 Å². The van der Waals surface area contributed by atoms with Gasteiger partial charge >= 0.3 is 12.0 Å². The zero-order chi connectivity index (χ0) is 13.7. The fraction of sp³-hybridized carbons (Fsp3) is 0.545. The Morgan fingerprint density at radius 3 is 2.67 bits per heavy atom. The molecule has 0 aliphatic carbocycles. The Morgan fingerprint density at radius 2 is 2.22 bits per heavy atom. The van der Waals surface area contributed by atoms with E-state index in [-0.39, 0.29) is 18.9 Å². The lowest BCUT2D eigenvalue weighted by Gasteiger charge is -2.20. The molecular weight excluding hydrogens is 238 g/mol. The van der Waals surface area contributed by atoms with Crippen molar-refractivity contribution >= 4 is 17.9 Å². The first-order valence-electron chi connectivity index (χ1n) is 5.64. The summed E-state index contributed by atoms with van der Waals surface area (Å²) in [6, 6.07) is -1.49. The molecule has 2 unspecified atom stereocenters. The molecule has 1 rings (SSSR count). The lowest BCUT2D eigenvalue weighted by Crippen LogP contribution is -2.47. The molecule has 1 heterocycles. The van der Waals surface area contributed by atoms with Crippen LogP contribution in [0.1, 0.15) is 12.8 Å². The van der Waals surface area contributed by atoms with Crippen molar-refractivity contribution in [3.63, 3.8) is 0 Å². The maximum Gasteiger partial charge on any atom is 0.326 e. The zero-order valence-corrected chi connectivity index (χ0v) is 9.96. The molecule has 0 saturated carbocycles. The Morgan fingerprint density at radius 1 is 1.56 bits per heavy atom. The molecule has 1 saturated heterocycles. The van der Waals surface area contributed by atoms with Crippen molar-refractivity contribution in [2.75, 3.05) is 13.1 Å². The normalized spacial score (nSPS) is 20.2. The second kappa shape index (κ2) is 6.04. The molecular formula is C11H17N3O4. The number of carboxylic acids is 1. The maximum atomic E-state index is 11.8. The highest BCUT2D eigenvalue weighted by molar-refractivity contribution is 5.84. The summed E-state index contributed by atoms with van der Waals surface area (Å²) >= 11 is 0. The molecule has 0 spiro atoms. The summed E-state index contributed by atoms with van der Waals surface area (Å²) in [5.74, 6) is -1.90. The summed E-state index contributed by atoms with van der Waals surface area (Å²) in [6.07, 6.45) is 2.09. The Balaban J connectivity index is 2.52. The second-order valence-electron chi connectivity index (χ2n) is 4.20. The smallest absolute Gasteiger partial charge is 0.326 e. The molecule has 0 aromatic rings. The number of likely N-dealkylation sites (tertiary alicyclic amines) is 1. The van der Waals surface area contributed by atoms with Crippen molar-refractivity contribution in [2.45, 2.75) is 18.9 Å². The molecule has 0 radical (unpaired) electrons. The summed E-state index contributed by atoms with van der Waals surface area (Å²) in [7, 11) is 0. The Labute approximate surface area is 105 Å². The van der Waals surface area contributed by atoms with Crippen LogP contribution in [0.25, 0.3) is 0 Å². The molecule has 0 aromatic heterocycles.